The Balaban J connectivity index is 2.94. The molecule has 2 rings (SSSR count). The number of nitrogens with one attached hydrogen (secondary N) is 1. The third-order valence-electron chi connectivity index (χ3n) is 3.13. The van der Waals surface area contributed by atoms with Crippen LogP contribution < -0.4 is 9.74 Å². The monoisotopic (exact) mass is 345 g/mol. The lowest BCUT2D eigenvalue weighted by molar-refractivity contribution is 0.0986. The average molecular weight is 346 g/mol. The number of aromatic nitrogens is 1. The van der Waals surface area contributed by atoms with Gasteiger partial charge in [-0.1, -0.05) is 18.5 Å². The molecule has 0 aliphatic rings. The van der Waals surface area contributed by atoms with Gasteiger partial charge in [0.25, 0.3) is 5.56 Å². The molecule has 0 fully saturated rings. The van der Waals surface area contributed by atoms with Gasteiger partial charge >= 0.3 is 10.4 Å². The number of rotatable bonds is 4. The van der Waals surface area contributed by atoms with E-state index in [2.05, 4.69) is 9.17 Å². The van der Waals surface area contributed by atoms with Gasteiger partial charge < -0.3 is 9.17 Å². The van der Waals surface area contributed by atoms with E-state index in [4.69, 9.17) is 16.2 Å². The number of ketones is 1. The van der Waals surface area contributed by atoms with Crippen LogP contribution in [-0.2, 0) is 10.4 Å². The number of hydrogen-bond acceptors (Lipinski definition) is 5. The van der Waals surface area contributed by atoms with Gasteiger partial charge in [0, 0.05) is 11.8 Å². The summed E-state index contributed by atoms with van der Waals surface area (Å²) in [7, 11) is -4.77. The van der Waals surface area contributed by atoms with Gasteiger partial charge in [-0.2, -0.15) is 8.42 Å². The van der Waals surface area contributed by atoms with Crippen LogP contribution in [0.1, 0.15) is 29.3 Å². The lowest BCUT2D eigenvalue weighted by Gasteiger charge is -2.12. The van der Waals surface area contributed by atoms with E-state index in [1.807, 2.05) is 0 Å². The standard InChI is InChI=1S/C13H12ClNO6S/c1-3-8(16)10-6(2)11-9(21-22(18,19)20)5-4-7(14)12(11)15-13(10)17/h4-5H,3H2,1-2H3,(H,15,17)(H,18,19,20). The lowest BCUT2D eigenvalue weighted by Crippen LogP contribution is -2.20. The normalized spacial score (nSPS) is 11.6. The van der Waals surface area contributed by atoms with Gasteiger partial charge in [-0.15, -0.1) is 0 Å². The highest BCUT2D eigenvalue weighted by atomic mass is 35.5. The molecular weight excluding hydrogens is 334 g/mol. The van der Waals surface area contributed by atoms with E-state index >= 15 is 0 Å². The molecule has 0 aliphatic carbocycles. The third-order valence-corrected chi connectivity index (χ3v) is 3.83. The number of aryl methyl sites for hydroxylation is 1. The Morgan fingerprint density at radius 2 is 2.05 bits per heavy atom. The van der Waals surface area contributed by atoms with Crippen LogP contribution in [0.4, 0.5) is 0 Å². The molecule has 22 heavy (non-hydrogen) atoms. The zero-order valence-electron chi connectivity index (χ0n) is 11.6. The number of pyridine rings is 1. The van der Waals surface area contributed by atoms with Crippen LogP contribution in [0.25, 0.3) is 10.9 Å². The van der Waals surface area contributed by atoms with Crippen molar-refractivity contribution >= 4 is 38.7 Å². The van der Waals surface area contributed by atoms with Crippen LogP contribution >= 0.6 is 11.6 Å². The summed E-state index contributed by atoms with van der Waals surface area (Å²) in [5.41, 5.74) is -0.370. The fraction of sp³-hybridized carbons (Fsp3) is 0.231. The number of carbonyl (C=O) groups excluding carboxylic acids is 1. The van der Waals surface area contributed by atoms with Gasteiger partial charge in [0.05, 0.1) is 16.1 Å². The van der Waals surface area contributed by atoms with Crippen LogP contribution in [0.3, 0.4) is 0 Å². The predicted molar refractivity (Wildman–Crippen MR) is 81.1 cm³/mol. The predicted octanol–water partition coefficient (Wildman–Crippen LogP) is 2.26. The van der Waals surface area contributed by atoms with E-state index in [-0.39, 0.29) is 39.2 Å². The molecule has 0 bridgehead atoms. The first kappa shape index (κ1) is 16.5. The number of carbonyl (C=O) groups is 1. The Labute approximate surface area is 130 Å². The van der Waals surface area contributed by atoms with E-state index in [9.17, 15) is 18.0 Å². The van der Waals surface area contributed by atoms with E-state index in [0.29, 0.717) is 0 Å². The minimum atomic E-state index is -4.77. The van der Waals surface area contributed by atoms with Gasteiger partial charge in [-0.05, 0) is 24.6 Å². The van der Waals surface area contributed by atoms with Gasteiger partial charge in [-0.25, -0.2) is 0 Å². The molecule has 0 atom stereocenters. The first-order valence-corrected chi connectivity index (χ1v) is 7.95. The number of halogens is 1. The number of Topliss-reactive ketones (excluding diaryl/α,β-unsaturated/α-hetero) is 1. The molecule has 1 aromatic heterocycles. The fourth-order valence-corrected chi connectivity index (χ4v) is 2.79. The highest BCUT2D eigenvalue weighted by Gasteiger charge is 2.21. The molecule has 0 spiro atoms. The molecule has 0 saturated heterocycles. The summed E-state index contributed by atoms with van der Waals surface area (Å²) in [5.74, 6) is -0.640. The number of hydrogen-bond donors (Lipinski definition) is 2. The molecule has 0 unspecified atom stereocenters. The summed E-state index contributed by atoms with van der Waals surface area (Å²) < 4.78 is 35.2. The van der Waals surface area contributed by atoms with Crippen LogP contribution in [0.2, 0.25) is 5.02 Å². The average Bonchev–Trinajstić information content (AvgIpc) is 2.40. The number of H-pyrrole nitrogens is 1. The maximum absolute atomic E-state index is 12.1. The molecule has 0 aliphatic heterocycles. The Kier molecular flexibility index (Phi) is 4.28. The lowest BCUT2D eigenvalue weighted by atomic mass is 10.00. The van der Waals surface area contributed by atoms with Gasteiger partial charge in [0.2, 0.25) is 0 Å². The minimum Gasteiger partial charge on any atom is -0.361 e. The van der Waals surface area contributed by atoms with Crippen LogP contribution in [-0.4, -0.2) is 23.7 Å². The van der Waals surface area contributed by atoms with Crippen LogP contribution in [0.5, 0.6) is 5.75 Å². The molecule has 1 aromatic carbocycles. The van der Waals surface area contributed by atoms with Gasteiger partial charge in [-0.3, -0.25) is 14.1 Å². The molecule has 2 aromatic rings. The quantitative estimate of drug-likeness (QED) is 0.649. The van der Waals surface area contributed by atoms with Gasteiger partial charge in [0.1, 0.15) is 0 Å². The molecule has 0 saturated carbocycles. The van der Waals surface area contributed by atoms with E-state index < -0.39 is 21.7 Å². The Bertz CT molecular complexity index is 932. The summed E-state index contributed by atoms with van der Waals surface area (Å²) in [5, 5.41) is 0.287. The molecule has 118 valence electrons. The summed E-state index contributed by atoms with van der Waals surface area (Å²) >= 11 is 5.99. The van der Waals surface area contributed by atoms with Crippen molar-refractivity contribution in [2.24, 2.45) is 0 Å². The Morgan fingerprint density at radius 1 is 1.41 bits per heavy atom. The van der Waals surface area contributed by atoms with Crippen LogP contribution in [0.15, 0.2) is 16.9 Å². The first-order chi connectivity index (χ1) is 10.2. The van der Waals surface area contributed by atoms with Crippen molar-refractivity contribution < 1.29 is 21.9 Å². The van der Waals surface area contributed by atoms with Crippen molar-refractivity contribution in [3.8, 4) is 5.75 Å². The smallest absolute Gasteiger partial charge is 0.361 e. The molecule has 0 radical (unpaired) electrons. The second kappa shape index (κ2) is 5.71. The Morgan fingerprint density at radius 3 is 2.59 bits per heavy atom. The maximum atomic E-state index is 12.1. The summed E-state index contributed by atoms with van der Waals surface area (Å²) in [6.07, 6.45) is 0.102. The van der Waals surface area contributed by atoms with Crippen molar-refractivity contribution in [2.45, 2.75) is 20.3 Å². The topological polar surface area (TPSA) is 114 Å². The Hall–Kier alpha value is -1.90. The molecule has 1 heterocycles. The first-order valence-electron chi connectivity index (χ1n) is 6.21. The zero-order chi connectivity index (χ0) is 16.7. The molecular formula is C13H12ClNO6S. The molecule has 7 nitrogen and oxygen atoms in total. The summed E-state index contributed by atoms with van der Waals surface area (Å²) in [6, 6.07) is 2.53. The van der Waals surface area contributed by atoms with Crippen molar-refractivity contribution in [2.75, 3.05) is 0 Å². The third kappa shape index (κ3) is 2.99. The SMILES string of the molecule is CCC(=O)c1c(C)c2c(OS(=O)(=O)O)ccc(Cl)c2[nH]c1=O. The molecule has 2 N–H and O–H groups in total. The fourth-order valence-electron chi connectivity index (χ4n) is 2.22. The van der Waals surface area contributed by atoms with E-state index in [1.54, 1.807) is 6.92 Å². The number of aromatic amines is 1. The largest absolute Gasteiger partial charge is 0.446 e. The maximum Gasteiger partial charge on any atom is 0.446 e. The minimum absolute atomic E-state index is 0.0996. The second-order valence-electron chi connectivity index (χ2n) is 4.54. The molecule has 0 amide bonds. The summed E-state index contributed by atoms with van der Waals surface area (Å²) in [6.45, 7) is 3.08. The second-order valence-corrected chi connectivity index (χ2v) is 5.97. The number of benzene rings is 1. The summed E-state index contributed by atoms with van der Waals surface area (Å²) in [4.78, 5) is 26.4. The van der Waals surface area contributed by atoms with Crippen molar-refractivity contribution in [1.29, 1.82) is 0 Å². The zero-order valence-corrected chi connectivity index (χ0v) is 13.2. The van der Waals surface area contributed by atoms with E-state index in [1.165, 1.54) is 19.1 Å². The van der Waals surface area contributed by atoms with Gasteiger partial charge in [0.15, 0.2) is 11.5 Å². The van der Waals surface area contributed by atoms with E-state index in [0.717, 1.165) is 0 Å². The van der Waals surface area contributed by atoms with Crippen molar-refractivity contribution in [1.82, 2.24) is 4.98 Å². The highest BCUT2D eigenvalue weighted by Crippen LogP contribution is 2.33. The highest BCUT2D eigenvalue weighted by molar-refractivity contribution is 7.81. The van der Waals surface area contributed by atoms with Crippen LogP contribution in [0, 0.1) is 6.92 Å². The van der Waals surface area contributed by atoms with Crippen molar-refractivity contribution in [3.63, 3.8) is 0 Å². The molecule has 9 heteroatoms. The number of fused-ring (bicyclic) bond motifs is 1. The van der Waals surface area contributed by atoms with Crippen molar-refractivity contribution in [3.05, 3.63) is 38.6 Å².